The summed E-state index contributed by atoms with van der Waals surface area (Å²) < 4.78 is 31.3. The van der Waals surface area contributed by atoms with E-state index in [0.717, 1.165) is 12.0 Å². The molecular formula is C18H19NO5S. The lowest BCUT2D eigenvalue weighted by molar-refractivity contribution is 0.200. The van der Waals surface area contributed by atoms with Crippen molar-refractivity contribution >= 4 is 10.1 Å². The molecule has 0 fully saturated rings. The van der Waals surface area contributed by atoms with Gasteiger partial charge in [0.2, 0.25) is 11.8 Å². The second-order valence-electron chi connectivity index (χ2n) is 6.86. The van der Waals surface area contributed by atoms with E-state index in [1.807, 2.05) is 19.1 Å². The van der Waals surface area contributed by atoms with E-state index >= 15 is 0 Å². The van der Waals surface area contributed by atoms with Gasteiger partial charge in [0.15, 0.2) is 0 Å². The second kappa shape index (κ2) is 5.05. The van der Waals surface area contributed by atoms with Crippen LogP contribution in [0.5, 0.6) is 11.8 Å². The van der Waals surface area contributed by atoms with Gasteiger partial charge in [-0.3, -0.25) is 4.28 Å². The molecule has 2 aliphatic carbocycles. The van der Waals surface area contributed by atoms with Crippen LogP contribution in [0, 0.1) is 20.8 Å². The number of aromatic nitrogens is 1. The van der Waals surface area contributed by atoms with E-state index in [2.05, 4.69) is 0 Å². The summed E-state index contributed by atoms with van der Waals surface area (Å²) in [6.07, 6.45) is 4.70. The number of hydrogen-bond acceptors (Lipinski definition) is 5. The molecule has 0 aliphatic heterocycles. The summed E-state index contributed by atoms with van der Waals surface area (Å²) in [7, 11) is -4.22. The fourth-order valence-corrected chi connectivity index (χ4v) is 5.50. The van der Waals surface area contributed by atoms with Gasteiger partial charge in [0.05, 0.1) is 0 Å². The Kier molecular flexibility index (Phi) is 3.25. The van der Waals surface area contributed by atoms with Crippen LogP contribution < -0.4 is 4.28 Å². The van der Waals surface area contributed by atoms with E-state index in [-0.39, 0.29) is 28.5 Å². The third kappa shape index (κ3) is 2.18. The largest absolute Gasteiger partial charge is 0.492 e. The number of aromatic hydroxyl groups is 2. The lowest BCUT2D eigenvalue weighted by Crippen LogP contribution is -2.22. The van der Waals surface area contributed by atoms with Crippen LogP contribution in [0.15, 0.2) is 29.2 Å². The molecule has 2 atom stereocenters. The minimum absolute atomic E-state index is 0.0127. The molecule has 2 aliphatic rings. The van der Waals surface area contributed by atoms with Gasteiger partial charge in [0, 0.05) is 23.0 Å². The van der Waals surface area contributed by atoms with E-state index in [4.69, 9.17) is 4.28 Å². The molecule has 0 saturated heterocycles. The normalized spacial score (nSPS) is 20.9. The quantitative estimate of drug-likeness (QED) is 0.821. The van der Waals surface area contributed by atoms with Gasteiger partial charge in [0.25, 0.3) is 0 Å². The van der Waals surface area contributed by atoms with Gasteiger partial charge in [-0.15, -0.1) is 0 Å². The van der Waals surface area contributed by atoms with Crippen molar-refractivity contribution in [3.05, 3.63) is 52.1 Å². The van der Waals surface area contributed by atoms with E-state index in [1.165, 1.54) is 0 Å². The minimum atomic E-state index is -4.22. The predicted molar refractivity (Wildman–Crippen MR) is 91.4 cm³/mol. The molecule has 2 unspecified atom stereocenters. The molecule has 1 aromatic carbocycles. The maximum Gasteiger partial charge on any atom is 0.357 e. The highest BCUT2D eigenvalue weighted by Crippen LogP contribution is 2.56. The molecule has 1 heterocycles. The van der Waals surface area contributed by atoms with Crippen molar-refractivity contribution in [2.24, 2.45) is 0 Å². The van der Waals surface area contributed by atoms with Crippen LogP contribution in [-0.4, -0.2) is 23.4 Å². The molecule has 0 spiro atoms. The number of allylic oxidation sites excluding steroid dienone is 2. The molecule has 0 radical (unpaired) electrons. The number of hydrogen-bond donors (Lipinski definition) is 2. The first-order valence-electron chi connectivity index (χ1n) is 8.08. The van der Waals surface area contributed by atoms with Crippen molar-refractivity contribution in [2.45, 2.75) is 43.9 Å². The molecule has 0 amide bonds. The molecule has 2 N–H and O–H groups in total. The third-order valence-electron chi connectivity index (χ3n) is 5.01. The molecule has 7 heteroatoms. The number of nitrogens with zero attached hydrogens (tertiary/aromatic N) is 1. The average molecular weight is 361 g/mol. The zero-order valence-corrected chi connectivity index (χ0v) is 15.0. The SMILES string of the molecule is Cc1cc(C)c(S(=O)(=O)On2c(O)c3c(c2O)C2C=CC3C2)c(C)c1. The third-order valence-corrected chi connectivity index (χ3v) is 6.50. The zero-order chi connectivity index (χ0) is 18.1. The van der Waals surface area contributed by atoms with E-state index in [1.54, 1.807) is 26.0 Å². The van der Waals surface area contributed by atoms with Crippen molar-refractivity contribution in [3.63, 3.8) is 0 Å². The molecule has 4 rings (SSSR count). The van der Waals surface area contributed by atoms with Crippen LogP contribution in [0.4, 0.5) is 0 Å². The van der Waals surface area contributed by atoms with Gasteiger partial charge in [-0.1, -0.05) is 34.6 Å². The fourth-order valence-electron chi connectivity index (χ4n) is 4.19. The van der Waals surface area contributed by atoms with Crippen LogP contribution in [0.1, 0.15) is 46.1 Å². The summed E-state index contributed by atoms with van der Waals surface area (Å²) in [5.74, 6) is -0.728. The standard InChI is InChI=1S/C18H19NO5S/c1-9-6-10(2)16(11(3)7-9)25(22,23)24-19-17(20)14-12-4-5-13(8-12)15(14)18(19)21/h4-7,12-13,20-21H,8H2,1-3H3. The van der Waals surface area contributed by atoms with Gasteiger partial charge in [0.1, 0.15) is 4.90 Å². The second-order valence-corrected chi connectivity index (χ2v) is 8.32. The Morgan fingerprint density at radius 1 is 1.00 bits per heavy atom. The average Bonchev–Trinajstić information content (AvgIpc) is 3.15. The Morgan fingerprint density at radius 2 is 1.48 bits per heavy atom. The maximum absolute atomic E-state index is 12.8. The van der Waals surface area contributed by atoms with Gasteiger partial charge in [-0.25, -0.2) is 0 Å². The van der Waals surface area contributed by atoms with E-state index in [0.29, 0.717) is 27.0 Å². The molecular weight excluding hydrogens is 342 g/mol. The Balaban J connectivity index is 1.80. The Labute approximate surface area is 146 Å². The van der Waals surface area contributed by atoms with Gasteiger partial charge < -0.3 is 10.2 Å². The highest BCUT2D eigenvalue weighted by atomic mass is 32.2. The number of benzene rings is 1. The first kappa shape index (κ1) is 16.1. The Bertz CT molecular complexity index is 974. The lowest BCUT2D eigenvalue weighted by atomic mass is 10.0. The fraction of sp³-hybridized carbons (Fsp3) is 0.333. The molecule has 6 nitrogen and oxygen atoms in total. The predicted octanol–water partition coefficient (Wildman–Crippen LogP) is 2.78. The first-order chi connectivity index (χ1) is 11.7. The van der Waals surface area contributed by atoms with Crippen molar-refractivity contribution in [1.82, 2.24) is 4.73 Å². The molecule has 2 bridgehead atoms. The molecule has 132 valence electrons. The summed E-state index contributed by atoms with van der Waals surface area (Å²) in [5, 5.41) is 20.9. The Hall–Kier alpha value is -2.41. The van der Waals surface area contributed by atoms with Crippen molar-refractivity contribution in [1.29, 1.82) is 0 Å². The monoisotopic (exact) mass is 361 g/mol. The van der Waals surface area contributed by atoms with Crippen LogP contribution in [0.25, 0.3) is 0 Å². The zero-order valence-electron chi connectivity index (χ0n) is 14.1. The van der Waals surface area contributed by atoms with E-state index in [9.17, 15) is 18.6 Å². The van der Waals surface area contributed by atoms with Gasteiger partial charge in [-0.2, -0.15) is 8.42 Å². The highest BCUT2D eigenvalue weighted by molar-refractivity contribution is 7.87. The van der Waals surface area contributed by atoms with Crippen LogP contribution in [-0.2, 0) is 10.1 Å². The lowest BCUT2D eigenvalue weighted by Gasteiger charge is -2.14. The molecule has 25 heavy (non-hydrogen) atoms. The van der Waals surface area contributed by atoms with Crippen molar-refractivity contribution in [3.8, 4) is 11.8 Å². The molecule has 1 aromatic heterocycles. The van der Waals surface area contributed by atoms with Crippen molar-refractivity contribution in [2.75, 3.05) is 0 Å². The van der Waals surface area contributed by atoms with Crippen LogP contribution >= 0.6 is 0 Å². The topological polar surface area (TPSA) is 88.8 Å². The van der Waals surface area contributed by atoms with E-state index < -0.39 is 10.1 Å². The summed E-state index contributed by atoms with van der Waals surface area (Å²) in [4.78, 5) is 0.0480. The summed E-state index contributed by atoms with van der Waals surface area (Å²) in [5.41, 5.74) is 3.16. The number of rotatable bonds is 3. The summed E-state index contributed by atoms with van der Waals surface area (Å²) in [6.45, 7) is 5.26. The van der Waals surface area contributed by atoms with Crippen LogP contribution in [0.2, 0.25) is 0 Å². The maximum atomic E-state index is 12.8. The summed E-state index contributed by atoms with van der Waals surface area (Å²) >= 11 is 0. The van der Waals surface area contributed by atoms with Gasteiger partial charge in [-0.05, 0) is 38.3 Å². The minimum Gasteiger partial charge on any atom is -0.492 e. The highest BCUT2D eigenvalue weighted by Gasteiger charge is 2.42. The number of aryl methyl sites for hydroxylation is 3. The first-order valence-corrected chi connectivity index (χ1v) is 9.49. The van der Waals surface area contributed by atoms with Crippen LogP contribution in [0.3, 0.4) is 0 Å². The summed E-state index contributed by atoms with van der Waals surface area (Å²) in [6, 6.07) is 3.51. The smallest absolute Gasteiger partial charge is 0.357 e. The van der Waals surface area contributed by atoms with Gasteiger partial charge >= 0.3 is 10.1 Å². The number of fused-ring (bicyclic) bond motifs is 5. The molecule has 2 aromatic rings. The molecule has 0 saturated carbocycles. The van der Waals surface area contributed by atoms with Crippen molar-refractivity contribution < 1.29 is 22.9 Å². The Morgan fingerprint density at radius 3 is 1.96 bits per heavy atom.